The Kier molecular flexibility index (Phi) is 3.28. The van der Waals surface area contributed by atoms with Crippen LogP contribution in [0.15, 0.2) is 12.1 Å². The van der Waals surface area contributed by atoms with Gasteiger partial charge >= 0.3 is 0 Å². The number of ether oxygens (including phenoxy) is 1. The van der Waals surface area contributed by atoms with Gasteiger partial charge in [0.25, 0.3) is 5.91 Å². The molecule has 1 aromatic rings. The van der Waals surface area contributed by atoms with Crippen LogP contribution >= 0.6 is 0 Å². The van der Waals surface area contributed by atoms with Crippen molar-refractivity contribution in [3.8, 4) is 5.75 Å². The Bertz CT molecular complexity index is 459. The smallest absolute Gasteiger partial charge is 0.269 e. The lowest BCUT2D eigenvalue weighted by Crippen LogP contribution is -2.23. The van der Waals surface area contributed by atoms with Crippen LogP contribution in [-0.4, -0.2) is 24.0 Å². The van der Waals surface area contributed by atoms with Crippen LogP contribution in [0.1, 0.15) is 49.8 Å². The minimum absolute atomic E-state index is 0.145. The number of rotatable bonds is 3. The molecule has 0 saturated heterocycles. The summed E-state index contributed by atoms with van der Waals surface area (Å²) in [4.78, 5) is 16.1. The first-order valence-electron chi connectivity index (χ1n) is 6.32. The largest absolute Gasteiger partial charge is 0.488 e. The number of aromatic nitrogens is 1. The molecule has 1 fully saturated rings. The molecule has 2 rings (SSSR count). The predicted molar refractivity (Wildman–Crippen MR) is 70.0 cm³/mol. The van der Waals surface area contributed by atoms with Gasteiger partial charge in [0.15, 0.2) is 0 Å². The standard InChI is InChI=1S/C14H20N2O2/c1-14(2,3)12-11(18-9-5-6-9)8-7-10(16-12)13(17)15-4/h7-9H,5-6H2,1-4H3,(H,15,17). The molecule has 0 spiro atoms. The zero-order valence-corrected chi connectivity index (χ0v) is 11.4. The third-order valence-electron chi connectivity index (χ3n) is 2.85. The second-order valence-electron chi connectivity index (χ2n) is 5.69. The highest BCUT2D eigenvalue weighted by Gasteiger charge is 2.28. The molecule has 1 heterocycles. The number of carbonyl (C=O) groups excluding carboxylic acids is 1. The zero-order valence-electron chi connectivity index (χ0n) is 11.4. The van der Waals surface area contributed by atoms with Crippen LogP contribution in [0.25, 0.3) is 0 Å². The SMILES string of the molecule is CNC(=O)c1ccc(OC2CC2)c(C(C)(C)C)n1. The normalized spacial score (nSPS) is 15.3. The molecular weight excluding hydrogens is 228 g/mol. The number of amides is 1. The van der Waals surface area contributed by atoms with Crippen molar-refractivity contribution in [3.05, 3.63) is 23.5 Å². The van der Waals surface area contributed by atoms with E-state index in [1.54, 1.807) is 13.1 Å². The maximum atomic E-state index is 11.6. The topological polar surface area (TPSA) is 51.2 Å². The number of pyridine rings is 1. The number of nitrogens with zero attached hydrogens (tertiary/aromatic N) is 1. The van der Waals surface area contributed by atoms with E-state index in [4.69, 9.17) is 4.74 Å². The van der Waals surface area contributed by atoms with E-state index in [1.165, 1.54) is 0 Å². The molecule has 1 aromatic heterocycles. The van der Waals surface area contributed by atoms with Crippen LogP contribution in [0.4, 0.5) is 0 Å². The molecule has 1 aliphatic rings. The van der Waals surface area contributed by atoms with Crippen LogP contribution in [0.5, 0.6) is 5.75 Å². The molecule has 0 bridgehead atoms. The van der Waals surface area contributed by atoms with E-state index in [0.717, 1.165) is 24.3 Å². The van der Waals surface area contributed by atoms with Gasteiger partial charge in [-0.25, -0.2) is 4.98 Å². The molecule has 0 aliphatic heterocycles. The molecule has 0 aromatic carbocycles. The first-order valence-corrected chi connectivity index (χ1v) is 6.32. The molecule has 0 radical (unpaired) electrons. The maximum Gasteiger partial charge on any atom is 0.269 e. The van der Waals surface area contributed by atoms with Crippen molar-refractivity contribution in [2.75, 3.05) is 7.05 Å². The molecule has 18 heavy (non-hydrogen) atoms. The average molecular weight is 248 g/mol. The summed E-state index contributed by atoms with van der Waals surface area (Å²) in [5, 5.41) is 2.59. The minimum atomic E-state index is -0.168. The summed E-state index contributed by atoms with van der Waals surface area (Å²) in [6, 6.07) is 3.57. The van der Waals surface area contributed by atoms with E-state index in [-0.39, 0.29) is 11.3 Å². The third kappa shape index (κ3) is 2.81. The highest BCUT2D eigenvalue weighted by molar-refractivity contribution is 5.92. The van der Waals surface area contributed by atoms with E-state index < -0.39 is 0 Å². The lowest BCUT2D eigenvalue weighted by molar-refractivity contribution is 0.0957. The molecule has 1 aliphatic carbocycles. The van der Waals surface area contributed by atoms with Gasteiger partial charge in [-0.3, -0.25) is 4.79 Å². The van der Waals surface area contributed by atoms with Crippen LogP contribution in [0.2, 0.25) is 0 Å². The summed E-state index contributed by atoms with van der Waals surface area (Å²) in [7, 11) is 1.61. The number of hydrogen-bond acceptors (Lipinski definition) is 3. The lowest BCUT2D eigenvalue weighted by atomic mass is 9.90. The van der Waals surface area contributed by atoms with Crippen LogP contribution in [0.3, 0.4) is 0 Å². The molecule has 98 valence electrons. The fourth-order valence-corrected chi connectivity index (χ4v) is 1.70. The molecular formula is C14H20N2O2. The van der Waals surface area contributed by atoms with E-state index in [0.29, 0.717) is 11.8 Å². The average Bonchev–Trinajstić information content (AvgIpc) is 3.11. The van der Waals surface area contributed by atoms with Crippen molar-refractivity contribution in [1.29, 1.82) is 0 Å². The third-order valence-corrected chi connectivity index (χ3v) is 2.85. The lowest BCUT2D eigenvalue weighted by Gasteiger charge is -2.22. The van der Waals surface area contributed by atoms with Crippen LogP contribution < -0.4 is 10.1 Å². The molecule has 4 heteroatoms. The Morgan fingerprint density at radius 1 is 1.39 bits per heavy atom. The molecule has 0 atom stereocenters. The number of carbonyl (C=O) groups is 1. The van der Waals surface area contributed by atoms with Gasteiger partial charge in [0.05, 0.1) is 11.8 Å². The number of hydrogen-bond donors (Lipinski definition) is 1. The van der Waals surface area contributed by atoms with E-state index in [2.05, 4.69) is 31.1 Å². The highest BCUT2D eigenvalue weighted by atomic mass is 16.5. The zero-order chi connectivity index (χ0) is 13.3. The second kappa shape index (κ2) is 4.59. The van der Waals surface area contributed by atoms with Crippen LogP contribution in [-0.2, 0) is 5.41 Å². The van der Waals surface area contributed by atoms with Crippen molar-refractivity contribution in [2.45, 2.75) is 45.1 Å². The quantitative estimate of drug-likeness (QED) is 0.892. The van der Waals surface area contributed by atoms with Crippen molar-refractivity contribution in [3.63, 3.8) is 0 Å². The maximum absolute atomic E-state index is 11.6. The van der Waals surface area contributed by atoms with Gasteiger partial charge in [0, 0.05) is 12.5 Å². The Morgan fingerprint density at radius 3 is 2.56 bits per heavy atom. The van der Waals surface area contributed by atoms with Gasteiger partial charge in [-0.05, 0) is 25.0 Å². The summed E-state index contributed by atoms with van der Waals surface area (Å²) < 4.78 is 5.86. The first kappa shape index (κ1) is 12.9. The molecule has 1 saturated carbocycles. The fourth-order valence-electron chi connectivity index (χ4n) is 1.70. The van der Waals surface area contributed by atoms with E-state index >= 15 is 0 Å². The summed E-state index contributed by atoms with van der Waals surface area (Å²) in [6.45, 7) is 6.22. The van der Waals surface area contributed by atoms with Crippen molar-refractivity contribution >= 4 is 5.91 Å². The van der Waals surface area contributed by atoms with Gasteiger partial charge in [0.1, 0.15) is 11.4 Å². The highest BCUT2D eigenvalue weighted by Crippen LogP contribution is 2.34. The van der Waals surface area contributed by atoms with Crippen molar-refractivity contribution in [2.24, 2.45) is 0 Å². The predicted octanol–water partition coefficient (Wildman–Crippen LogP) is 2.28. The minimum Gasteiger partial charge on any atom is -0.488 e. The summed E-state index contributed by atoms with van der Waals surface area (Å²) in [5.41, 5.74) is 1.13. The Balaban J connectivity index is 2.37. The first-order chi connectivity index (χ1) is 8.41. The molecule has 4 nitrogen and oxygen atoms in total. The molecule has 1 N–H and O–H groups in total. The Labute approximate surface area is 108 Å². The van der Waals surface area contributed by atoms with Gasteiger partial charge in [0.2, 0.25) is 0 Å². The fraction of sp³-hybridized carbons (Fsp3) is 0.571. The number of nitrogens with one attached hydrogen (secondary N) is 1. The Morgan fingerprint density at radius 2 is 2.06 bits per heavy atom. The van der Waals surface area contributed by atoms with Crippen molar-refractivity contribution < 1.29 is 9.53 Å². The summed E-state index contributed by atoms with van der Waals surface area (Å²) in [5.74, 6) is 0.635. The van der Waals surface area contributed by atoms with Gasteiger partial charge in [-0.15, -0.1) is 0 Å². The van der Waals surface area contributed by atoms with Crippen molar-refractivity contribution in [1.82, 2.24) is 10.3 Å². The summed E-state index contributed by atoms with van der Waals surface area (Å²) >= 11 is 0. The monoisotopic (exact) mass is 248 g/mol. The molecule has 0 unspecified atom stereocenters. The van der Waals surface area contributed by atoms with E-state index in [1.807, 2.05) is 6.07 Å². The summed E-state index contributed by atoms with van der Waals surface area (Å²) in [6.07, 6.45) is 2.56. The van der Waals surface area contributed by atoms with Gasteiger partial charge < -0.3 is 10.1 Å². The van der Waals surface area contributed by atoms with Gasteiger partial charge in [-0.1, -0.05) is 20.8 Å². The second-order valence-corrected chi connectivity index (χ2v) is 5.69. The van der Waals surface area contributed by atoms with Crippen LogP contribution in [0, 0.1) is 0 Å². The Hall–Kier alpha value is -1.58. The van der Waals surface area contributed by atoms with E-state index in [9.17, 15) is 4.79 Å². The molecule has 1 amide bonds. The van der Waals surface area contributed by atoms with Gasteiger partial charge in [-0.2, -0.15) is 0 Å².